The third-order valence-corrected chi connectivity index (χ3v) is 7.11. The number of esters is 1. The summed E-state index contributed by atoms with van der Waals surface area (Å²) in [4.78, 5) is 26.1. The third-order valence-electron chi connectivity index (χ3n) is 7.11. The summed E-state index contributed by atoms with van der Waals surface area (Å²) in [5.41, 5.74) is 14.7. The smallest absolute Gasteiger partial charge is 0.310 e. The zero-order valence-corrected chi connectivity index (χ0v) is 22.7. The molecule has 0 aliphatic carbocycles. The molecule has 0 aliphatic heterocycles. The van der Waals surface area contributed by atoms with E-state index in [0.29, 0.717) is 39.3 Å². The molecule has 41 heavy (non-hydrogen) atoms. The molecule has 5 rings (SSSR count). The summed E-state index contributed by atoms with van der Waals surface area (Å²) in [6.45, 7) is 2.05. The van der Waals surface area contributed by atoms with E-state index in [-0.39, 0.29) is 30.2 Å². The van der Waals surface area contributed by atoms with E-state index in [1.165, 1.54) is 7.11 Å². The van der Waals surface area contributed by atoms with Crippen LogP contribution in [0.4, 0.5) is 0 Å². The monoisotopic (exact) mass is 547 g/mol. The molecule has 9 heteroatoms. The van der Waals surface area contributed by atoms with Crippen molar-refractivity contribution in [1.82, 2.24) is 4.57 Å². The van der Waals surface area contributed by atoms with Crippen LogP contribution in [0.15, 0.2) is 83.7 Å². The number of carbonyl (C=O) groups excluding carboxylic acids is 1. The number of pyridine rings is 1. The lowest BCUT2D eigenvalue weighted by Gasteiger charge is -2.17. The van der Waals surface area contributed by atoms with Crippen LogP contribution in [0.2, 0.25) is 0 Å². The minimum atomic E-state index is -0.496. The molecule has 0 saturated carbocycles. The molecule has 0 unspecified atom stereocenters. The summed E-state index contributed by atoms with van der Waals surface area (Å²) in [5.74, 6) is 0.412. The zero-order chi connectivity index (χ0) is 29.3. The molecule has 206 valence electrons. The Bertz CT molecular complexity index is 1930. The van der Waals surface area contributed by atoms with Gasteiger partial charge in [0.05, 0.1) is 25.6 Å². The fraction of sp³-hybridized carbons (Fsp3) is 0.125. The predicted octanol–water partition coefficient (Wildman–Crippen LogP) is 4.59. The number of rotatable bonds is 8. The molecule has 0 atom stereocenters. The average Bonchev–Trinajstić information content (AvgIpc) is 2.97. The van der Waals surface area contributed by atoms with E-state index in [4.69, 9.17) is 31.8 Å². The van der Waals surface area contributed by atoms with E-state index in [0.717, 1.165) is 21.7 Å². The zero-order valence-electron chi connectivity index (χ0n) is 22.7. The Morgan fingerprint density at radius 1 is 0.854 bits per heavy atom. The first-order valence-electron chi connectivity index (χ1n) is 12.9. The molecular weight excluding hydrogens is 518 g/mol. The number of nitrogens with one attached hydrogen (secondary N) is 2. The van der Waals surface area contributed by atoms with Gasteiger partial charge < -0.3 is 25.5 Å². The first-order valence-corrected chi connectivity index (χ1v) is 12.9. The van der Waals surface area contributed by atoms with Gasteiger partial charge in [-0.15, -0.1) is 0 Å². The molecule has 1 aromatic heterocycles. The number of amidine groups is 2. The quantitative estimate of drug-likeness (QED) is 0.126. The summed E-state index contributed by atoms with van der Waals surface area (Å²) < 4.78 is 12.6. The second-order valence-corrected chi connectivity index (χ2v) is 9.78. The molecule has 0 saturated heterocycles. The van der Waals surface area contributed by atoms with Crippen LogP contribution < -0.4 is 21.8 Å². The lowest BCUT2D eigenvalue weighted by molar-refractivity contribution is -0.139. The first-order chi connectivity index (χ1) is 19.6. The van der Waals surface area contributed by atoms with Crippen LogP contribution in [0.5, 0.6) is 11.5 Å². The molecule has 0 amide bonds. The van der Waals surface area contributed by atoms with Crippen molar-refractivity contribution in [3.8, 4) is 11.5 Å². The van der Waals surface area contributed by atoms with Crippen LogP contribution in [-0.4, -0.2) is 29.3 Å². The minimum Gasteiger partial charge on any atom is -0.469 e. The van der Waals surface area contributed by atoms with Crippen LogP contribution >= 0.6 is 0 Å². The average molecular weight is 548 g/mol. The van der Waals surface area contributed by atoms with Crippen LogP contribution in [0, 0.1) is 17.7 Å². The van der Waals surface area contributed by atoms with Gasteiger partial charge in [0, 0.05) is 28.1 Å². The topological polar surface area (TPSA) is 157 Å². The molecule has 0 spiro atoms. The molecule has 1 heterocycles. The lowest BCUT2D eigenvalue weighted by atomic mass is 10.0. The number of fused-ring (bicyclic) bond motifs is 2. The molecular formula is C32H29N5O4. The molecule has 0 aliphatic rings. The van der Waals surface area contributed by atoms with Crippen molar-refractivity contribution >= 4 is 39.3 Å². The van der Waals surface area contributed by atoms with Crippen LogP contribution in [-0.2, 0) is 22.5 Å². The summed E-state index contributed by atoms with van der Waals surface area (Å²) in [7, 11) is 1.30. The van der Waals surface area contributed by atoms with Crippen molar-refractivity contribution in [2.45, 2.75) is 19.9 Å². The van der Waals surface area contributed by atoms with Crippen LogP contribution in [0.1, 0.15) is 27.8 Å². The Morgan fingerprint density at radius 3 is 2.29 bits per heavy atom. The normalized spacial score (nSPS) is 11.0. The highest BCUT2D eigenvalue weighted by Crippen LogP contribution is 2.29. The van der Waals surface area contributed by atoms with Crippen LogP contribution in [0.25, 0.3) is 21.7 Å². The molecule has 0 radical (unpaired) electrons. The number of benzene rings is 4. The highest BCUT2D eigenvalue weighted by molar-refractivity contribution is 5.99. The Kier molecular flexibility index (Phi) is 7.26. The Hall–Kier alpha value is -5.44. The molecule has 5 aromatic rings. The largest absolute Gasteiger partial charge is 0.469 e. The maximum absolute atomic E-state index is 13.9. The van der Waals surface area contributed by atoms with Gasteiger partial charge in [-0.05, 0) is 65.2 Å². The number of carbonyl (C=O) groups is 1. The molecule has 0 fully saturated rings. The predicted molar refractivity (Wildman–Crippen MR) is 160 cm³/mol. The second kappa shape index (κ2) is 11.0. The van der Waals surface area contributed by atoms with E-state index in [2.05, 4.69) is 0 Å². The number of nitrogens with two attached hydrogens (primary N) is 2. The minimum absolute atomic E-state index is 0.0214. The number of hydrogen-bond donors (Lipinski definition) is 4. The van der Waals surface area contributed by atoms with Gasteiger partial charge in [-0.2, -0.15) is 0 Å². The second-order valence-electron chi connectivity index (χ2n) is 9.78. The SMILES string of the molecule is COC(=O)Cc1c(C)c2ccc(Oc3cccc(C(=N)N)c3)cc2n(Cc2ccc3ccc(C(=N)N)cc3c2)c1=O. The Morgan fingerprint density at radius 2 is 1.56 bits per heavy atom. The Labute approximate surface area is 235 Å². The number of methoxy groups -OCH3 is 1. The van der Waals surface area contributed by atoms with Gasteiger partial charge in [0.25, 0.3) is 5.56 Å². The number of aromatic nitrogens is 1. The summed E-state index contributed by atoms with van der Waals surface area (Å²) in [6, 6.07) is 23.8. The molecule has 9 nitrogen and oxygen atoms in total. The highest BCUT2D eigenvalue weighted by Gasteiger charge is 2.18. The number of ether oxygens (including phenoxy) is 2. The molecule has 4 aromatic carbocycles. The fourth-order valence-corrected chi connectivity index (χ4v) is 4.90. The van der Waals surface area contributed by atoms with Gasteiger partial charge in [-0.25, -0.2) is 0 Å². The highest BCUT2D eigenvalue weighted by atomic mass is 16.5. The van der Waals surface area contributed by atoms with Gasteiger partial charge in [0.1, 0.15) is 23.2 Å². The van der Waals surface area contributed by atoms with Crippen molar-refractivity contribution in [3.05, 3.63) is 117 Å². The summed E-state index contributed by atoms with van der Waals surface area (Å²) >= 11 is 0. The van der Waals surface area contributed by atoms with E-state index in [1.807, 2.05) is 43.3 Å². The number of nitrogen functional groups attached to an aromatic ring is 2. The standard InChI is InChI=1S/C32H29N5O4/c1-18-26-11-10-25(41-24-5-3-4-21(14-24)30(33)34)15-28(26)37(32(39)27(18)16-29(38)40-2)17-19-6-7-20-8-9-22(31(35)36)13-23(20)12-19/h3-15H,16-17H2,1-2H3,(H3,33,34)(H3,35,36). The van der Waals surface area contributed by atoms with Crippen molar-refractivity contribution in [2.24, 2.45) is 11.5 Å². The van der Waals surface area contributed by atoms with Gasteiger partial charge in [0.15, 0.2) is 0 Å². The van der Waals surface area contributed by atoms with Gasteiger partial charge in [-0.1, -0.05) is 36.4 Å². The summed E-state index contributed by atoms with van der Waals surface area (Å²) in [5, 5.41) is 18.2. The van der Waals surface area contributed by atoms with Crippen molar-refractivity contribution < 1.29 is 14.3 Å². The number of nitrogens with zero attached hydrogens (tertiary/aromatic N) is 1. The van der Waals surface area contributed by atoms with Gasteiger partial charge in [0.2, 0.25) is 0 Å². The van der Waals surface area contributed by atoms with Crippen LogP contribution in [0.3, 0.4) is 0 Å². The number of aryl methyl sites for hydroxylation is 1. The molecule has 0 bridgehead atoms. The summed E-state index contributed by atoms with van der Waals surface area (Å²) in [6.07, 6.45) is -0.146. The van der Waals surface area contributed by atoms with E-state index in [1.54, 1.807) is 47.0 Å². The number of hydrogen-bond acceptors (Lipinski definition) is 6. The van der Waals surface area contributed by atoms with Crippen molar-refractivity contribution in [3.63, 3.8) is 0 Å². The maximum Gasteiger partial charge on any atom is 0.310 e. The van der Waals surface area contributed by atoms with E-state index < -0.39 is 5.97 Å². The van der Waals surface area contributed by atoms with E-state index in [9.17, 15) is 9.59 Å². The van der Waals surface area contributed by atoms with Gasteiger partial charge >= 0.3 is 5.97 Å². The maximum atomic E-state index is 13.9. The van der Waals surface area contributed by atoms with E-state index >= 15 is 0 Å². The fourth-order valence-electron chi connectivity index (χ4n) is 4.90. The van der Waals surface area contributed by atoms with Gasteiger partial charge in [-0.3, -0.25) is 20.4 Å². The third kappa shape index (κ3) is 5.51. The lowest BCUT2D eigenvalue weighted by Crippen LogP contribution is -2.28. The first kappa shape index (κ1) is 27.1. The van der Waals surface area contributed by atoms with Crippen molar-refractivity contribution in [1.29, 1.82) is 10.8 Å². The van der Waals surface area contributed by atoms with Crippen molar-refractivity contribution in [2.75, 3.05) is 7.11 Å². The Balaban J connectivity index is 1.64. The molecule has 6 N–H and O–H groups in total.